The number of hydrogen-bond acceptors (Lipinski definition) is 2. The molecular formula is C10H22N2O. The Kier molecular flexibility index (Phi) is 7.69. The van der Waals surface area contributed by atoms with Gasteiger partial charge in [0.25, 0.3) is 0 Å². The first-order valence-corrected chi connectivity index (χ1v) is 5.20. The molecule has 0 aliphatic heterocycles. The molecule has 0 aliphatic rings. The van der Waals surface area contributed by atoms with E-state index in [2.05, 4.69) is 12.2 Å². The lowest BCUT2D eigenvalue weighted by Crippen LogP contribution is -2.30. The van der Waals surface area contributed by atoms with E-state index in [9.17, 15) is 4.79 Å². The van der Waals surface area contributed by atoms with E-state index in [1.807, 2.05) is 6.92 Å². The van der Waals surface area contributed by atoms with Gasteiger partial charge in [-0.2, -0.15) is 0 Å². The van der Waals surface area contributed by atoms with Gasteiger partial charge in [-0.3, -0.25) is 4.79 Å². The summed E-state index contributed by atoms with van der Waals surface area (Å²) in [6.45, 7) is 5.55. The molecule has 1 unspecified atom stereocenters. The van der Waals surface area contributed by atoms with E-state index in [0.29, 0.717) is 6.54 Å². The van der Waals surface area contributed by atoms with Crippen LogP contribution in [0.2, 0.25) is 0 Å². The third kappa shape index (κ3) is 6.58. The highest BCUT2D eigenvalue weighted by Gasteiger charge is 2.09. The summed E-state index contributed by atoms with van der Waals surface area (Å²) in [5.41, 5.74) is 5.34. The monoisotopic (exact) mass is 186 g/mol. The van der Waals surface area contributed by atoms with Gasteiger partial charge in [-0.1, -0.05) is 20.3 Å². The zero-order chi connectivity index (χ0) is 10.1. The Morgan fingerprint density at radius 1 is 1.46 bits per heavy atom. The number of rotatable bonds is 7. The fourth-order valence-corrected chi connectivity index (χ4v) is 1.22. The average molecular weight is 186 g/mol. The van der Waals surface area contributed by atoms with E-state index in [1.165, 1.54) is 0 Å². The van der Waals surface area contributed by atoms with Crippen LogP contribution >= 0.6 is 0 Å². The largest absolute Gasteiger partial charge is 0.356 e. The Bertz CT molecular complexity index is 137. The second-order valence-electron chi connectivity index (χ2n) is 3.48. The average Bonchev–Trinajstić information content (AvgIpc) is 2.12. The molecule has 3 N–H and O–H groups in total. The first kappa shape index (κ1) is 12.4. The summed E-state index contributed by atoms with van der Waals surface area (Å²) in [6, 6.07) is 0. The highest BCUT2D eigenvalue weighted by molar-refractivity contribution is 5.78. The van der Waals surface area contributed by atoms with E-state index in [1.54, 1.807) is 0 Å². The molecule has 1 atom stereocenters. The summed E-state index contributed by atoms with van der Waals surface area (Å²) < 4.78 is 0. The van der Waals surface area contributed by atoms with Crippen LogP contribution in [-0.2, 0) is 4.79 Å². The minimum atomic E-state index is 0.155. The van der Waals surface area contributed by atoms with Crippen molar-refractivity contribution in [3.05, 3.63) is 0 Å². The summed E-state index contributed by atoms with van der Waals surface area (Å²) in [4.78, 5) is 11.4. The Morgan fingerprint density at radius 2 is 2.15 bits per heavy atom. The predicted octanol–water partition coefficient (Wildman–Crippen LogP) is 1.28. The molecule has 0 heterocycles. The van der Waals surface area contributed by atoms with Crippen molar-refractivity contribution in [2.75, 3.05) is 13.1 Å². The maximum atomic E-state index is 11.4. The Labute approximate surface area is 81.1 Å². The molecule has 3 heteroatoms. The molecule has 0 aliphatic carbocycles. The first-order chi connectivity index (χ1) is 6.22. The molecule has 0 bridgehead atoms. The first-order valence-electron chi connectivity index (χ1n) is 5.20. The Balaban J connectivity index is 3.38. The van der Waals surface area contributed by atoms with E-state index in [4.69, 9.17) is 5.73 Å². The maximum absolute atomic E-state index is 11.4. The van der Waals surface area contributed by atoms with Crippen molar-refractivity contribution in [1.82, 2.24) is 5.32 Å². The van der Waals surface area contributed by atoms with Gasteiger partial charge >= 0.3 is 0 Å². The zero-order valence-corrected chi connectivity index (χ0v) is 8.81. The van der Waals surface area contributed by atoms with Crippen LogP contribution in [-0.4, -0.2) is 19.0 Å². The van der Waals surface area contributed by atoms with Gasteiger partial charge in [0, 0.05) is 12.5 Å². The van der Waals surface area contributed by atoms with Crippen LogP contribution in [0.1, 0.15) is 39.5 Å². The van der Waals surface area contributed by atoms with Crippen molar-refractivity contribution < 1.29 is 4.79 Å². The van der Waals surface area contributed by atoms with Gasteiger partial charge in [0.2, 0.25) is 5.91 Å². The number of carbonyl (C=O) groups excluding carboxylic acids is 1. The molecule has 0 aromatic rings. The van der Waals surface area contributed by atoms with Crippen LogP contribution in [0, 0.1) is 5.92 Å². The highest BCUT2D eigenvalue weighted by atomic mass is 16.1. The maximum Gasteiger partial charge on any atom is 0.222 e. The number of unbranched alkanes of at least 4 members (excludes halogenated alkanes) is 1. The predicted molar refractivity (Wildman–Crippen MR) is 55.4 cm³/mol. The summed E-state index contributed by atoms with van der Waals surface area (Å²) in [7, 11) is 0. The van der Waals surface area contributed by atoms with Gasteiger partial charge in [0.1, 0.15) is 0 Å². The zero-order valence-electron chi connectivity index (χ0n) is 8.81. The smallest absolute Gasteiger partial charge is 0.222 e. The molecule has 78 valence electrons. The van der Waals surface area contributed by atoms with Crippen molar-refractivity contribution in [3.63, 3.8) is 0 Å². The van der Waals surface area contributed by atoms with Crippen molar-refractivity contribution in [2.45, 2.75) is 39.5 Å². The number of amides is 1. The number of carbonyl (C=O) groups is 1. The minimum Gasteiger partial charge on any atom is -0.356 e. The van der Waals surface area contributed by atoms with Crippen molar-refractivity contribution in [2.24, 2.45) is 11.7 Å². The molecule has 0 saturated heterocycles. The van der Waals surface area contributed by atoms with E-state index in [-0.39, 0.29) is 11.8 Å². The summed E-state index contributed by atoms with van der Waals surface area (Å²) in [5.74, 6) is 0.335. The highest BCUT2D eigenvalue weighted by Crippen LogP contribution is 2.04. The second kappa shape index (κ2) is 8.05. The summed E-state index contributed by atoms with van der Waals surface area (Å²) >= 11 is 0. The molecule has 0 saturated carbocycles. The van der Waals surface area contributed by atoms with Gasteiger partial charge in [0.15, 0.2) is 0 Å². The van der Waals surface area contributed by atoms with Crippen molar-refractivity contribution >= 4 is 5.91 Å². The Morgan fingerprint density at radius 3 is 2.69 bits per heavy atom. The lowest BCUT2D eigenvalue weighted by atomic mass is 10.1. The van der Waals surface area contributed by atoms with Crippen LogP contribution < -0.4 is 11.1 Å². The van der Waals surface area contributed by atoms with E-state index < -0.39 is 0 Å². The molecule has 13 heavy (non-hydrogen) atoms. The van der Waals surface area contributed by atoms with E-state index in [0.717, 1.165) is 32.2 Å². The number of nitrogens with one attached hydrogen (secondary N) is 1. The van der Waals surface area contributed by atoms with Gasteiger partial charge in [-0.15, -0.1) is 0 Å². The van der Waals surface area contributed by atoms with Crippen LogP contribution in [0.4, 0.5) is 0 Å². The Hall–Kier alpha value is -0.570. The van der Waals surface area contributed by atoms with Gasteiger partial charge in [-0.05, 0) is 25.8 Å². The van der Waals surface area contributed by atoms with Gasteiger partial charge in [0.05, 0.1) is 0 Å². The lowest BCUT2D eigenvalue weighted by Gasteiger charge is -2.10. The molecule has 0 fully saturated rings. The topological polar surface area (TPSA) is 55.1 Å². The van der Waals surface area contributed by atoms with Crippen molar-refractivity contribution in [1.29, 1.82) is 0 Å². The van der Waals surface area contributed by atoms with Crippen molar-refractivity contribution in [3.8, 4) is 0 Å². The van der Waals surface area contributed by atoms with Crippen LogP contribution in [0.5, 0.6) is 0 Å². The molecule has 0 aromatic heterocycles. The third-order valence-electron chi connectivity index (χ3n) is 2.10. The molecule has 3 nitrogen and oxygen atoms in total. The van der Waals surface area contributed by atoms with Gasteiger partial charge < -0.3 is 11.1 Å². The molecule has 0 aromatic carbocycles. The second-order valence-corrected chi connectivity index (χ2v) is 3.48. The van der Waals surface area contributed by atoms with Crippen LogP contribution in [0.25, 0.3) is 0 Å². The number of hydrogen-bond donors (Lipinski definition) is 2. The number of nitrogens with two attached hydrogens (primary N) is 1. The summed E-state index contributed by atoms with van der Waals surface area (Å²) in [5, 5.41) is 2.91. The normalized spacial score (nSPS) is 12.5. The molecule has 0 spiro atoms. The molecule has 0 rings (SSSR count). The van der Waals surface area contributed by atoms with E-state index >= 15 is 0 Å². The molecule has 0 radical (unpaired) electrons. The fraction of sp³-hybridized carbons (Fsp3) is 0.900. The van der Waals surface area contributed by atoms with Crippen LogP contribution in [0.3, 0.4) is 0 Å². The SMILES string of the molecule is CCCC(C)C(=O)NCCCCN. The molecule has 1 amide bonds. The lowest BCUT2D eigenvalue weighted by molar-refractivity contribution is -0.124. The minimum absolute atomic E-state index is 0.155. The fourth-order valence-electron chi connectivity index (χ4n) is 1.22. The van der Waals surface area contributed by atoms with Crippen LogP contribution in [0.15, 0.2) is 0 Å². The third-order valence-corrected chi connectivity index (χ3v) is 2.10. The molecular weight excluding hydrogens is 164 g/mol. The van der Waals surface area contributed by atoms with Gasteiger partial charge in [-0.25, -0.2) is 0 Å². The summed E-state index contributed by atoms with van der Waals surface area (Å²) in [6.07, 6.45) is 4.02. The standard InChI is InChI=1S/C10H22N2O/c1-3-6-9(2)10(13)12-8-5-4-7-11/h9H,3-8,11H2,1-2H3,(H,12,13). The quantitative estimate of drug-likeness (QED) is 0.588.